The molecule has 0 aromatic heterocycles. The van der Waals surface area contributed by atoms with Gasteiger partial charge in [0.05, 0.1) is 5.88 Å². The van der Waals surface area contributed by atoms with E-state index >= 15 is 0 Å². The third-order valence-electron chi connectivity index (χ3n) is 1.99. The molecule has 1 rings (SSSR count). The Balaban J connectivity index is 2.24. The number of nitrogens with two attached hydrogens (primary N) is 1. The van der Waals surface area contributed by atoms with Crippen molar-refractivity contribution >= 4 is 23.6 Å². The van der Waals surface area contributed by atoms with Gasteiger partial charge in [-0.05, 0) is 12.1 Å². The fourth-order valence-corrected chi connectivity index (χ4v) is 1.81. The number of aliphatic carboxylic acids is 1. The first-order chi connectivity index (χ1) is 8.11. The lowest BCUT2D eigenvalue weighted by Gasteiger charge is -2.07. The lowest BCUT2D eigenvalue weighted by molar-refractivity contribution is -0.137. The van der Waals surface area contributed by atoms with Gasteiger partial charge in [0.2, 0.25) is 0 Å². The maximum absolute atomic E-state index is 11.6. The molecule has 0 saturated carbocycles. The van der Waals surface area contributed by atoms with Crippen LogP contribution in [0.15, 0.2) is 30.3 Å². The van der Waals surface area contributed by atoms with Crippen LogP contribution < -0.4 is 11.1 Å². The summed E-state index contributed by atoms with van der Waals surface area (Å²) < 4.78 is 0. The smallest absolute Gasteiger partial charge is 0.321 e. The van der Waals surface area contributed by atoms with Crippen LogP contribution in [0.5, 0.6) is 0 Å². The number of carboxylic acid groups (broad SMARTS) is 1. The third-order valence-corrected chi connectivity index (χ3v) is 2.93. The van der Waals surface area contributed by atoms with Crippen LogP contribution in [0.3, 0.4) is 0 Å². The monoisotopic (exact) mass is 254 g/mol. The zero-order chi connectivity index (χ0) is 12.7. The van der Waals surface area contributed by atoms with Gasteiger partial charge in [-0.1, -0.05) is 18.2 Å². The molecular formula is C11H14N2O3S. The molecule has 17 heavy (non-hydrogen) atoms. The summed E-state index contributed by atoms with van der Waals surface area (Å²) in [5, 5.41) is 11.2. The first kappa shape index (κ1) is 13.5. The molecule has 4 N–H and O–H groups in total. The minimum Gasteiger partial charge on any atom is -0.480 e. The van der Waals surface area contributed by atoms with Crippen LogP contribution in [-0.2, 0) is 4.79 Å². The van der Waals surface area contributed by atoms with E-state index < -0.39 is 12.0 Å². The van der Waals surface area contributed by atoms with Gasteiger partial charge in [0.15, 0.2) is 0 Å². The standard InChI is InChI=1S/C11H14N2O3S/c12-9(11(15)16)6-17-7-13-10(14)8-4-2-1-3-5-8/h1-5,9H,6-7,12H2,(H,13,14)(H,15,16). The van der Waals surface area contributed by atoms with Gasteiger partial charge in [-0.25, -0.2) is 0 Å². The van der Waals surface area contributed by atoms with E-state index in [2.05, 4.69) is 5.32 Å². The summed E-state index contributed by atoms with van der Waals surface area (Å²) in [4.78, 5) is 22.0. The number of carbonyl (C=O) groups excluding carboxylic acids is 1. The normalized spacial score (nSPS) is 11.8. The lowest BCUT2D eigenvalue weighted by Crippen LogP contribution is -2.33. The van der Waals surface area contributed by atoms with Gasteiger partial charge in [0, 0.05) is 11.3 Å². The van der Waals surface area contributed by atoms with E-state index in [0.29, 0.717) is 11.4 Å². The summed E-state index contributed by atoms with van der Waals surface area (Å²) >= 11 is 1.27. The highest BCUT2D eigenvalue weighted by atomic mass is 32.2. The minimum absolute atomic E-state index is 0.179. The van der Waals surface area contributed by atoms with Gasteiger partial charge in [-0.2, -0.15) is 0 Å². The first-order valence-corrected chi connectivity index (χ1v) is 6.16. The predicted molar refractivity (Wildman–Crippen MR) is 66.8 cm³/mol. The number of amides is 1. The Hall–Kier alpha value is -1.53. The molecule has 0 heterocycles. The zero-order valence-electron chi connectivity index (χ0n) is 9.13. The Labute approximate surface area is 103 Å². The van der Waals surface area contributed by atoms with Crippen molar-refractivity contribution in [2.45, 2.75) is 6.04 Å². The van der Waals surface area contributed by atoms with Gasteiger partial charge in [-0.15, -0.1) is 11.8 Å². The lowest BCUT2D eigenvalue weighted by atomic mass is 10.2. The largest absolute Gasteiger partial charge is 0.480 e. The average Bonchev–Trinajstić information content (AvgIpc) is 2.35. The maximum atomic E-state index is 11.6. The van der Waals surface area contributed by atoms with E-state index in [9.17, 15) is 9.59 Å². The Bertz CT molecular complexity index is 384. The highest BCUT2D eigenvalue weighted by molar-refractivity contribution is 7.99. The zero-order valence-corrected chi connectivity index (χ0v) is 9.94. The SMILES string of the molecule is NC(CSCNC(=O)c1ccccc1)C(=O)O. The van der Waals surface area contributed by atoms with Crippen molar-refractivity contribution in [3.05, 3.63) is 35.9 Å². The van der Waals surface area contributed by atoms with Crippen molar-refractivity contribution in [1.29, 1.82) is 0 Å². The second kappa shape index (κ2) is 6.93. The third kappa shape index (κ3) is 4.88. The van der Waals surface area contributed by atoms with Crippen molar-refractivity contribution in [1.82, 2.24) is 5.32 Å². The molecule has 0 saturated heterocycles. The molecule has 0 aliphatic heterocycles. The molecule has 1 aromatic rings. The van der Waals surface area contributed by atoms with E-state index in [1.165, 1.54) is 11.8 Å². The molecule has 1 amide bonds. The van der Waals surface area contributed by atoms with E-state index in [4.69, 9.17) is 10.8 Å². The average molecular weight is 254 g/mol. The van der Waals surface area contributed by atoms with Crippen molar-refractivity contribution < 1.29 is 14.7 Å². The molecule has 0 spiro atoms. The van der Waals surface area contributed by atoms with Crippen LogP contribution in [-0.4, -0.2) is 34.7 Å². The van der Waals surface area contributed by atoms with Gasteiger partial charge < -0.3 is 16.2 Å². The van der Waals surface area contributed by atoms with Crippen LogP contribution in [0.25, 0.3) is 0 Å². The fraction of sp³-hybridized carbons (Fsp3) is 0.273. The van der Waals surface area contributed by atoms with Crippen molar-refractivity contribution in [2.24, 2.45) is 5.73 Å². The molecular weight excluding hydrogens is 240 g/mol. The Morgan fingerprint density at radius 2 is 2.00 bits per heavy atom. The molecule has 1 unspecified atom stereocenters. The van der Waals surface area contributed by atoms with Crippen molar-refractivity contribution in [3.63, 3.8) is 0 Å². The van der Waals surface area contributed by atoms with Crippen LogP contribution in [0, 0.1) is 0 Å². The number of carboxylic acids is 1. The number of nitrogens with one attached hydrogen (secondary N) is 1. The van der Waals surface area contributed by atoms with Crippen LogP contribution >= 0.6 is 11.8 Å². The molecule has 92 valence electrons. The number of carbonyl (C=O) groups is 2. The Morgan fingerprint density at radius 1 is 1.35 bits per heavy atom. The molecule has 1 atom stereocenters. The molecule has 1 aromatic carbocycles. The molecule has 6 heteroatoms. The summed E-state index contributed by atoms with van der Waals surface area (Å²) in [5.74, 6) is -0.604. The quantitative estimate of drug-likeness (QED) is 0.508. The van der Waals surface area contributed by atoms with E-state index in [-0.39, 0.29) is 11.7 Å². The van der Waals surface area contributed by atoms with Gasteiger partial charge in [-0.3, -0.25) is 9.59 Å². The number of thioether (sulfide) groups is 1. The van der Waals surface area contributed by atoms with Gasteiger partial charge >= 0.3 is 5.97 Å². The minimum atomic E-state index is -1.04. The highest BCUT2D eigenvalue weighted by Gasteiger charge is 2.11. The Morgan fingerprint density at radius 3 is 2.59 bits per heavy atom. The summed E-state index contributed by atoms with van der Waals surface area (Å²) in [5.41, 5.74) is 5.89. The molecule has 0 bridgehead atoms. The van der Waals surface area contributed by atoms with E-state index in [0.717, 1.165) is 0 Å². The maximum Gasteiger partial charge on any atom is 0.321 e. The van der Waals surface area contributed by atoms with Gasteiger partial charge in [0.25, 0.3) is 5.91 Å². The Kier molecular flexibility index (Phi) is 5.51. The predicted octanol–water partition coefficient (Wildman–Crippen LogP) is 0.519. The molecule has 0 aliphatic carbocycles. The van der Waals surface area contributed by atoms with Crippen LogP contribution in [0.1, 0.15) is 10.4 Å². The molecule has 0 fully saturated rings. The molecule has 0 aliphatic rings. The summed E-state index contributed by atoms with van der Waals surface area (Å²) in [6.45, 7) is 0. The van der Waals surface area contributed by atoms with E-state index in [1.54, 1.807) is 24.3 Å². The van der Waals surface area contributed by atoms with E-state index in [1.807, 2.05) is 6.07 Å². The highest BCUT2D eigenvalue weighted by Crippen LogP contribution is 2.02. The molecule has 5 nitrogen and oxygen atoms in total. The van der Waals surface area contributed by atoms with Crippen molar-refractivity contribution in [3.8, 4) is 0 Å². The van der Waals surface area contributed by atoms with Crippen LogP contribution in [0.2, 0.25) is 0 Å². The number of rotatable bonds is 6. The topological polar surface area (TPSA) is 92.4 Å². The van der Waals surface area contributed by atoms with Gasteiger partial charge in [0.1, 0.15) is 6.04 Å². The number of hydrogen-bond acceptors (Lipinski definition) is 4. The number of benzene rings is 1. The summed E-state index contributed by atoms with van der Waals surface area (Å²) in [7, 11) is 0. The fourth-order valence-electron chi connectivity index (χ4n) is 1.07. The van der Waals surface area contributed by atoms with Crippen molar-refractivity contribution in [2.75, 3.05) is 11.6 Å². The molecule has 0 radical (unpaired) electrons. The summed E-state index contributed by atoms with van der Waals surface area (Å²) in [6, 6.07) is 7.92. The second-order valence-electron chi connectivity index (χ2n) is 3.33. The first-order valence-electron chi connectivity index (χ1n) is 5.00. The van der Waals surface area contributed by atoms with Crippen LogP contribution in [0.4, 0.5) is 0 Å². The number of hydrogen-bond donors (Lipinski definition) is 3. The summed E-state index contributed by atoms with van der Waals surface area (Å²) in [6.07, 6.45) is 0. The second-order valence-corrected chi connectivity index (χ2v) is 4.36.